The van der Waals surface area contributed by atoms with Gasteiger partial charge >= 0.3 is 0 Å². The first-order chi connectivity index (χ1) is 9.22. The van der Waals surface area contributed by atoms with Gasteiger partial charge < -0.3 is 10.6 Å². The third-order valence-corrected chi connectivity index (χ3v) is 2.70. The predicted octanol–water partition coefficient (Wildman–Crippen LogP) is 2.33. The van der Waals surface area contributed by atoms with E-state index in [9.17, 15) is 4.79 Å². The first kappa shape index (κ1) is 13.0. The number of anilines is 2. The molecule has 0 fully saturated rings. The highest BCUT2D eigenvalue weighted by atomic mass is 16.1. The number of nitrogens with one attached hydrogen (secondary N) is 2. The minimum absolute atomic E-state index is 0.153. The van der Waals surface area contributed by atoms with Gasteiger partial charge in [-0.25, -0.2) is 4.98 Å². The Morgan fingerprint density at radius 2 is 2.00 bits per heavy atom. The van der Waals surface area contributed by atoms with Gasteiger partial charge in [-0.2, -0.15) is 0 Å². The minimum Gasteiger partial charge on any atom is -0.373 e. The molecule has 2 heterocycles. The van der Waals surface area contributed by atoms with Crippen molar-refractivity contribution in [2.75, 3.05) is 17.7 Å². The van der Waals surface area contributed by atoms with E-state index in [-0.39, 0.29) is 5.91 Å². The average Bonchev–Trinajstić information content (AvgIpc) is 2.47. The zero-order chi connectivity index (χ0) is 13.7. The number of hydrogen-bond donors (Lipinski definition) is 2. The van der Waals surface area contributed by atoms with Crippen LogP contribution in [0.15, 0.2) is 36.7 Å². The van der Waals surface area contributed by atoms with E-state index in [1.165, 1.54) is 0 Å². The number of amides is 1. The summed E-state index contributed by atoms with van der Waals surface area (Å²) >= 11 is 0. The van der Waals surface area contributed by atoms with Crippen molar-refractivity contribution in [1.29, 1.82) is 0 Å². The van der Waals surface area contributed by atoms with Gasteiger partial charge in [-0.3, -0.25) is 9.78 Å². The number of rotatable bonds is 4. The maximum Gasteiger partial charge on any atom is 0.255 e. The summed E-state index contributed by atoms with van der Waals surface area (Å²) in [7, 11) is 1.78. The normalized spacial score (nSPS) is 10.0. The van der Waals surface area contributed by atoms with Crippen molar-refractivity contribution in [2.24, 2.45) is 0 Å². The van der Waals surface area contributed by atoms with Crippen LogP contribution in [0.25, 0.3) is 0 Å². The van der Waals surface area contributed by atoms with Gasteiger partial charge in [-0.05, 0) is 30.7 Å². The number of pyridine rings is 2. The number of nitrogens with zero attached hydrogens (tertiary/aromatic N) is 2. The highest BCUT2D eigenvalue weighted by Gasteiger charge is 2.09. The van der Waals surface area contributed by atoms with Crippen molar-refractivity contribution in [2.45, 2.75) is 13.3 Å². The minimum atomic E-state index is -0.153. The highest BCUT2D eigenvalue weighted by Crippen LogP contribution is 2.13. The molecule has 2 rings (SSSR count). The molecule has 0 aromatic carbocycles. The molecule has 0 saturated carbocycles. The number of carbonyl (C=O) groups is 1. The molecule has 0 aliphatic rings. The van der Waals surface area contributed by atoms with Crippen molar-refractivity contribution in [1.82, 2.24) is 9.97 Å². The van der Waals surface area contributed by atoms with E-state index in [1.807, 2.05) is 6.92 Å². The SMILES string of the molecule is CCc1cc(C(=O)Nc2ccncc2)cc(NC)n1. The summed E-state index contributed by atoms with van der Waals surface area (Å²) in [4.78, 5) is 20.4. The van der Waals surface area contributed by atoms with Crippen molar-refractivity contribution >= 4 is 17.4 Å². The molecule has 0 unspecified atom stereocenters. The van der Waals surface area contributed by atoms with Crippen LogP contribution in [-0.4, -0.2) is 22.9 Å². The second-order valence-corrected chi connectivity index (χ2v) is 4.03. The molecule has 1 amide bonds. The molecule has 0 radical (unpaired) electrons. The lowest BCUT2D eigenvalue weighted by atomic mass is 10.1. The second-order valence-electron chi connectivity index (χ2n) is 4.03. The predicted molar refractivity (Wildman–Crippen MR) is 75.4 cm³/mol. The average molecular weight is 256 g/mol. The van der Waals surface area contributed by atoms with Gasteiger partial charge in [0.2, 0.25) is 0 Å². The standard InChI is InChI=1S/C14H16N4O/c1-3-11-8-10(9-13(15-2)17-11)14(19)18-12-4-6-16-7-5-12/h4-9H,3H2,1-2H3,(H,15,17)(H,16,18,19). The molecule has 0 saturated heterocycles. The zero-order valence-corrected chi connectivity index (χ0v) is 11.0. The Kier molecular flexibility index (Phi) is 4.07. The monoisotopic (exact) mass is 256 g/mol. The lowest BCUT2D eigenvalue weighted by molar-refractivity contribution is 0.102. The number of aryl methyl sites for hydroxylation is 1. The summed E-state index contributed by atoms with van der Waals surface area (Å²) in [6.07, 6.45) is 4.06. The van der Waals surface area contributed by atoms with E-state index in [2.05, 4.69) is 20.6 Å². The molecule has 0 atom stereocenters. The molecule has 0 aliphatic heterocycles. The molecule has 2 aromatic heterocycles. The Morgan fingerprint density at radius 3 is 2.63 bits per heavy atom. The zero-order valence-electron chi connectivity index (χ0n) is 11.0. The fraction of sp³-hybridized carbons (Fsp3) is 0.214. The maximum absolute atomic E-state index is 12.2. The van der Waals surface area contributed by atoms with Crippen LogP contribution >= 0.6 is 0 Å². The van der Waals surface area contributed by atoms with Gasteiger partial charge in [-0.1, -0.05) is 6.92 Å². The third-order valence-electron chi connectivity index (χ3n) is 2.70. The molecule has 19 heavy (non-hydrogen) atoms. The molecular weight excluding hydrogens is 240 g/mol. The molecule has 0 spiro atoms. The molecule has 5 heteroatoms. The number of carbonyl (C=O) groups excluding carboxylic acids is 1. The van der Waals surface area contributed by atoms with Crippen LogP contribution in [0.2, 0.25) is 0 Å². The molecule has 98 valence electrons. The fourth-order valence-electron chi connectivity index (χ4n) is 1.67. The maximum atomic E-state index is 12.2. The van der Waals surface area contributed by atoms with Gasteiger partial charge in [0, 0.05) is 36.4 Å². The molecule has 0 aliphatic carbocycles. The van der Waals surface area contributed by atoms with E-state index in [0.717, 1.165) is 17.8 Å². The van der Waals surface area contributed by atoms with Crippen LogP contribution in [0.4, 0.5) is 11.5 Å². The van der Waals surface area contributed by atoms with E-state index in [4.69, 9.17) is 0 Å². The second kappa shape index (κ2) is 5.95. The van der Waals surface area contributed by atoms with E-state index >= 15 is 0 Å². The summed E-state index contributed by atoms with van der Waals surface area (Å²) in [6, 6.07) is 7.03. The van der Waals surface area contributed by atoms with Crippen LogP contribution in [-0.2, 0) is 6.42 Å². The summed E-state index contributed by atoms with van der Waals surface area (Å²) in [6.45, 7) is 2.01. The van der Waals surface area contributed by atoms with E-state index < -0.39 is 0 Å². The summed E-state index contributed by atoms with van der Waals surface area (Å²) in [5.41, 5.74) is 2.20. The Bertz CT molecular complexity index is 547. The molecule has 5 nitrogen and oxygen atoms in total. The van der Waals surface area contributed by atoms with Crippen molar-refractivity contribution in [3.63, 3.8) is 0 Å². The molecule has 2 N–H and O–H groups in total. The van der Waals surface area contributed by atoms with Crippen molar-refractivity contribution in [3.05, 3.63) is 47.9 Å². The van der Waals surface area contributed by atoms with Gasteiger partial charge in [0.15, 0.2) is 0 Å². The van der Waals surface area contributed by atoms with Gasteiger partial charge in [0.25, 0.3) is 5.91 Å². The summed E-state index contributed by atoms with van der Waals surface area (Å²) < 4.78 is 0. The van der Waals surface area contributed by atoms with Crippen LogP contribution in [0.3, 0.4) is 0 Å². The van der Waals surface area contributed by atoms with Crippen LogP contribution in [0.1, 0.15) is 23.0 Å². The lowest BCUT2D eigenvalue weighted by Crippen LogP contribution is -2.13. The summed E-state index contributed by atoms with van der Waals surface area (Å²) in [5.74, 6) is 0.541. The molecular formula is C14H16N4O. The fourth-order valence-corrected chi connectivity index (χ4v) is 1.67. The Labute approximate surface area is 112 Å². The van der Waals surface area contributed by atoms with Crippen LogP contribution in [0.5, 0.6) is 0 Å². The van der Waals surface area contributed by atoms with Crippen LogP contribution < -0.4 is 10.6 Å². The first-order valence-corrected chi connectivity index (χ1v) is 6.13. The van der Waals surface area contributed by atoms with Crippen LogP contribution in [0, 0.1) is 0 Å². The topological polar surface area (TPSA) is 66.9 Å². The molecule has 2 aromatic rings. The first-order valence-electron chi connectivity index (χ1n) is 6.13. The van der Waals surface area contributed by atoms with Gasteiger partial charge in [0.05, 0.1) is 0 Å². The Hall–Kier alpha value is -2.43. The Morgan fingerprint density at radius 1 is 1.26 bits per heavy atom. The lowest BCUT2D eigenvalue weighted by Gasteiger charge is -2.08. The highest BCUT2D eigenvalue weighted by molar-refractivity contribution is 6.04. The third kappa shape index (κ3) is 3.28. The molecule has 0 bridgehead atoms. The van der Waals surface area contributed by atoms with Gasteiger partial charge in [-0.15, -0.1) is 0 Å². The number of aromatic nitrogens is 2. The van der Waals surface area contributed by atoms with Crippen molar-refractivity contribution < 1.29 is 4.79 Å². The van der Waals surface area contributed by atoms with E-state index in [0.29, 0.717) is 11.4 Å². The van der Waals surface area contributed by atoms with Gasteiger partial charge in [0.1, 0.15) is 5.82 Å². The van der Waals surface area contributed by atoms with E-state index in [1.54, 1.807) is 43.7 Å². The van der Waals surface area contributed by atoms with Crippen molar-refractivity contribution in [3.8, 4) is 0 Å². The summed E-state index contributed by atoms with van der Waals surface area (Å²) in [5, 5.41) is 5.79. The largest absolute Gasteiger partial charge is 0.373 e. The quantitative estimate of drug-likeness (QED) is 0.881. The Balaban J connectivity index is 2.23. The smallest absolute Gasteiger partial charge is 0.255 e. The number of hydrogen-bond acceptors (Lipinski definition) is 4.